The maximum absolute atomic E-state index is 12.6. The summed E-state index contributed by atoms with van der Waals surface area (Å²) in [6.45, 7) is 11.2. The van der Waals surface area contributed by atoms with Crippen LogP contribution in [0.1, 0.15) is 52.7 Å². The standard InChI is InChI=1S/C27H32Cl2N4O3/c1-7-30-23(17(5)28)19-11-16(4)33-24-18(19)9-8-10-27(24,6)36-14-21-20(12-31-25(34)15(2)3)26(35)32-13-22(21)29/h7-11,13,15,24H,12,14H2,1-6H3,(H,31,34)(H,32,35)/b23-17+,30-7?. The van der Waals surface area contributed by atoms with Gasteiger partial charge in [0.2, 0.25) is 5.91 Å². The van der Waals surface area contributed by atoms with Crippen LogP contribution in [0.5, 0.6) is 0 Å². The zero-order valence-corrected chi connectivity index (χ0v) is 22.9. The first-order valence-electron chi connectivity index (χ1n) is 11.8. The van der Waals surface area contributed by atoms with Gasteiger partial charge < -0.3 is 15.0 Å². The Morgan fingerprint density at radius 2 is 2.11 bits per heavy atom. The highest BCUT2D eigenvalue weighted by Gasteiger charge is 2.41. The average Bonchev–Trinajstić information content (AvgIpc) is 2.82. The number of allylic oxidation sites excluding steroid dienone is 5. The van der Waals surface area contributed by atoms with E-state index in [0.717, 1.165) is 16.9 Å². The molecule has 36 heavy (non-hydrogen) atoms. The number of nitrogens with one attached hydrogen (secondary N) is 2. The molecule has 1 aliphatic carbocycles. The second-order valence-electron chi connectivity index (χ2n) is 9.25. The van der Waals surface area contributed by atoms with Gasteiger partial charge in [-0.3, -0.25) is 19.6 Å². The van der Waals surface area contributed by atoms with Crippen molar-refractivity contribution in [3.8, 4) is 0 Å². The third-order valence-electron chi connectivity index (χ3n) is 6.12. The van der Waals surface area contributed by atoms with E-state index < -0.39 is 5.60 Å². The van der Waals surface area contributed by atoms with Crippen LogP contribution >= 0.6 is 23.2 Å². The molecule has 1 aromatic rings. The molecule has 3 rings (SSSR count). The zero-order chi connectivity index (χ0) is 26.6. The molecule has 0 aromatic carbocycles. The summed E-state index contributed by atoms with van der Waals surface area (Å²) < 4.78 is 6.45. The van der Waals surface area contributed by atoms with Crippen LogP contribution in [-0.2, 0) is 22.7 Å². The summed E-state index contributed by atoms with van der Waals surface area (Å²) in [5.41, 5.74) is 3.06. The minimum atomic E-state index is -0.837. The molecular formula is C27H32Cl2N4O3. The van der Waals surface area contributed by atoms with Gasteiger partial charge in [0.05, 0.1) is 17.3 Å². The van der Waals surface area contributed by atoms with Gasteiger partial charge in [0.15, 0.2) is 0 Å². The molecule has 0 spiro atoms. The molecule has 2 atom stereocenters. The number of amides is 1. The number of ether oxygens (including phenoxy) is 1. The lowest BCUT2D eigenvalue weighted by Gasteiger charge is -2.39. The maximum Gasteiger partial charge on any atom is 0.253 e. The molecule has 7 nitrogen and oxygen atoms in total. The van der Waals surface area contributed by atoms with Crippen molar-refractivity contribution in [2.75, 3.05) is 0 Å². The maximum atomic E-state index is 12.6. The number of carbonyl (C=O) groups excluding carboxylic acids is 1. The summed E-state index contributed by atoms with van der Waals surface area (Å²) in [6, 6.07) is -0.356. The molecule has 2 unspecified atom stereocenters. The molecule has 2 heterocycles. The van der Waals surface area contributed by atoms with E-state index in [9.17, 15) is 9.59 Å². The van der Waals surface area contributed by atoms with E-state index in [2.05, 4.69) is 15.3 Å². The van der Waals surface area contributed by atoms with Gasteiger partial charge >= 0.3 is 0 Å². The highest BCUT2D eigenvalue weighted by atomic mass is 35.5. The van der Waals surface area contributed by atoms with Crippen molar-refractivity contribution in [2.24, 2.45) is 15.9 Å². The summed E-state index contributed by atoms with van der Waals surface area (Å²) in [7, 11) is 0. The Balaban J connectivity index is 1.92. The van der Waals surface area contributed by atoms with E-state index in [0.29, 0.717) is 26.9 Å². The quantitative estimate of drug-likeness (QED) is 0.440. The van der Waals surface area contributed by atoms with Gasteiger partial charge in [-0.2, -0.15) is 0 Å². The third-order valence-corrected chi connectivity index (χ3v) is 6.64. The first-order valence-corrected chi connectivity index (χ1v) is 12.6. The normalized spacial score (nSPS) is 22.1. The molecule has 0 fully saturated rings. The Kier molecular flexibility index (Phi) is 8.93. The predicted molar refractivity (Wildman–Crippen MR) is 147 cm³/mol. The van der Waals surface area contributed by atoms with Crippen molar-refractivity contribution in [1.82, 2.24) is 10.3 Å². The molecular weight excluding hydrogens is 499 g/mol. The number of aromatic amines is 1. The van der Waals surface area contributed by atoms with Crippen molar-refractivity contribution in [3.05, 3.63) is 78.9 Å². The fourth-order valence-electron chi connectivity index (χ4n) is 4.14. The summed E-state index contributed by atoms with van der Waals surface area (Å²) in [4.78, 5) is 36.7. The summed E-state index contributed by atoms with van der Waals surface area (Å²) >= 11 is 12.9. The fraction of sp³-hybridized carbons (Fsp3) is 0.407. The lowest BCUT2D eigenvalue weighted by Crippen LogP contribution is -2.44. The second kappa shape index (κ2) is 11.5. The molecule has 9 heteroatoms. The number of pyridine rings is 1. The molecule has 0 radical (unpaired) electrons. The first-order chi connectivity index (χ1) is 17.0. The zero-order valence-electron chi connectivity index (χ0n) is 21.4. The SMILES string of the molecule is CC=N/C(C1=CC(C)=NC2C1=CC=CC2(C)OCc1c(Cl)c[nH]c(=O)c1CNC(=O)C(C)C)=C(\C)Cl. The van der Waals surface area contributed by atoms with Crippen molar-refractivity contribution in [3.63, 3.8) is 0 Å². The van der Waals surface area contributed by atoms with Gasteiger partial charge in [0, 0.05) is 52.3 Å². The number of carbonyl (C=O) groups is 1. The number of fused-ring (bicyclic) bond motifs is 1. The van der Waals surface area contributed by atoms with Crippen LogP contribution in [-0.4, -0.2) is 34.5 Å². The molecule has 192 valence electrons. The van der Waals surface area contributed by atoms with E-state index in [4.69, 9.17) is 32.9 Å². The highest BCUT2D eigenvalue weighted by Crippen LogP contribution is 2.40. The molecule has 1 aliphatic heterocycles. The molecule has 0 saturated carbocycles. The third kappa shape index (κ3) is 5.97. The summed E-state index contributed by atoms with van der Waals surface area (Å²) in [5.74, 6) is -0.362. The summed E-state index contributed by atoms with van der Waals surface area (Å²) in [5, 5.41) is 3.72. The number of rotatable bonds is 8. The van der Waals surface area contributed by atoms with Crippen LogP contribution in [0.4, 0.5) is 0 Å². The lowest BCUT2D eigenvalue weighted by molar-refractivity contribution is -0.124. The molecule has 1 aromatic heterocycles. The number of dihydropyridines is 1. The molecule has 2 aliphatic rings. The van der Waals surface area contributed by atoms with Gasteiger partial charge in [-0.25, -0.2) is 0 Å². The van der Waals surface area contributed by atoms with Gasteiger partial charge in [-0.1, -0.05) is 55.3 Å². The van der Waals surface area contributed by atoms with Gasteiger partial charge in [0.25, 0.3) is 5.56 Å². The van der Waals surface area contributed by atoms with E-state index in [1.165, 1.54) is 6.20 Å². The Labute approximate surface area is 221 Å². The number of hydrogen-bond donors (Lipinski definition) is 2. The topological polar surface area (TPSA) is 95.9 Å². The van der Waals surface area contributed by atoms with Crippen molar-refractivity contribution < 1.29 is 9.53 Å². The van der Waals surface area contributed by atoms with Crippen molar-refractivity contribution in [2.45, 2.75) is 66.3 Å². The fourth-order valence-corrected chi connectivity index (χ4v) is 4.52. The van der Waals surface area contributed by atoms with Gasteiger partial charge in [-0.05, 0) is 39.3 Å². The lowest BCUT2D eigenvalue weighted by atomic mass is 9.79. The number of nitrogens with zero attached hydrogens (tertiary/aromatic N) is 2. The van der Waals surface area contributed by atoms with Crippen LogP contribution in [0.3, 0.4) is 0 Å². The van der Waals surface area contributed by atoms with Crippen LogP contribution in [0.2, 0.25) is 5.02 Å². The summed E-state index contributed by atoms with van der Waals surface area (Å²) in [6.07, 6.45) is 11.0. The van der Waals surface area contributed by atoms with Crippen LogP contribution < -0.4 is 10.9 Å². The Bertz CT molecular complexity index is 1280. The Morgan fingerprint density at radius 1 is 1.39 bits per heavy atom. The first kappa shape index (κ1) is 27.8. The van der Waals surface area contributed by atoms with E-state index in [1.807, 2.05) is 52.0 Å². The number of aliphatic imine (C=N–C) groups is 2. The number of aromatic nitrogens is 1. The van der Waals surface area contributed by atoms with E-state index in [-0.39, 0.29) is 36.6 Å². The molecule has 1 amide bonds. The largest absolute Gasteiger partial charge is 0.364 e. The van der Waals surface area contributed by atoms with Crippen LogP contribution in [0.25, 0.3) is 0 Å². The van der Waals surface area contributed by atoms with Crippen LogP contribution in [0.15, 0.2) is 67.2 Å². The minimum absolute atomic E-state index is 0.0507. The van der Waals surface area contributed by atoms with Gasteiger partial charge in [-0.15, -0.1) is 0 Å². The molecule has 0 saturated heterocycles. The molecule has 2 N–H and O–H groups in total. The minimum Gasteiger partial charge on any atom is -0.364 e. The Morgan fingerprint density at radius 3 is 2.75 bits per heavy atom. The van der Waals surface area contributed by atoms with Crippen molar-refractivity contribution >= 4 is 41.0 Å². The number of H-pyrrole nitrogens is 1. The monoisotopic (exact) mass is 530 g/mol. The predicted octanol–water partition coefficient (Wildman–Crippen LogP) is 5.40. The van der Waals surface area contributed by atoms with Crippen molar-refractivity contribution in [1.29, 1.82) is 0 Å². The van der Waals surface area contributed by atoms with Crippen LogP contribution in [0, 0.1) is 5.92 Å². The van der Waals surface area contributed by atoms with E-state index in [1.54, 1.807) is 20.1 Å². The van der Waals surface area contributed by atoms with E-state index >= 15 is 0 Å². The smallest absolute Gasteiger partial charge is 0.253 e. The average molecular weight is 531 g/mol. The molecule has 0 bridgehead atoms. The Hall–Kier alpha value is -2.74. The second-order valence-corrected chi connectivity index (χ2v) is 10.2. The highest BCUT2D eigenvalue weighted by molar-refractivity contribution is 6.31. The number of halogens is 2. The van der Waals surface area contributed by atoms with Gasteiger partial charge in [0.1, 0.15) is 11.6 Å². The number of hydrogen-bond acceptors (Lipinski definition) is 5.